The van der Waals surface area contributed by atoms with E-state index in [2.05, 4.69) is 21.2 Å². The molecule has 0 spiro atoms. The number of hydrogen-bond donors (Lipinski definition) is 1. The lowest BCUT2D eigenvalue weighted by Gasteiger charge is -2.10. The molecule has 4 heteroatoms. The fourth-order valence-corrected chi connectivity index (χ4v) is 2.71. The van der Waals surface area contributed by atoms with Gasteiger partial charge in [-0.15, -0.1) is 0 Å². The maximum atomic E-state index is 12.0. The molecule has 0 unspecified atom stereocenters. The zero-order chi connectivity index (χ0) is 16.2. The number of carbonyl (C=O) groups excluding carboxylic acids is 1. The first-order valence-electron chi connectivity index (χ1n) is 7.29. The summed E-state index contributed by atoms with van der Waals surface area (Å²) in [5, 5.41) is 5.05. The highest BCUT2D eigenvalue weighted by molar-refractivity contribution is 9.10. The monoisotopic (exact) mass is 369 g/mol. The third kappa shape index (κ3) is 3.90. The molecule has 0 aliphatic heterocycles. The topological polar surface area (TPSA) is 38.3 Å². The van der Waals surface area contributed by atoms with Gasteiger partial charge >= 0.3 is 0 Å². The molecule has 23 heavy (non-hydrogen) atoms. The Balaban J connectivity index is 1.65. The van der Waals surface area contributed by atoms with Crippen molar-refractivity contribution in [2.75, 3.05) is 11.9 Å². The lowest BCUT2D eigenvalue weighted by atomic mass is 10.1. The van der Waals surface area contributed by atoms with Crippen molar-refractivity contribution in [2.45, 2.75) is 6.92 Å². The molecule has 116 valence electrons. The number of carbonyl (C=O) groups is 1. The van der Waals surface area contributed by atoms with Gasteiger partial charge in [0, 0.05) is 10.2 Å². The zero-order valence-electron chi connectivity index (χ0n) is 12.7. The predicted octanol–water partition coefficient (Wildman–Crippen LogP) is 4.93. The molecule has 0 aromatic heterocycles. The minimum atomic E-state index is -0.171. The first-order valence-corrected chi connectivity index (χ1v) is 8.09. The normalized spacial score (nSPS) is 10.5. The van der Waals surface area contributed by atoms with E-state index in [0.29, 0.717) is 5.75 Å². The summed E-state index contributed by atoms with van der Waals surface area (Å²) in [6, 6.07) is 19.5. The first kappa shape index (κ1) is 15.6. The number of halogens is 1. The molecule has 0 heterocycles. The minimum absolute atomic E-state index is 0.0175. The maximum Gasteiger partial charge on any atom is 0.262 e. The van der Waals surface area contributed by atoms with E-state index in [9.17, 15) is 4.79 Å². The third-order valence-corrected chi connectivity index (χ3v) is 4.06. The van der Waals surface area contributed by atoms with Crippen LogP contribution in [0.1, 0.15) is 5.56 Å². The van der Waals surface area contributed by atoms with Crippen LogP contribution in [0.5, 0.6) is 5.75 Å². The van der Waals surface area contributed by atoms with E-state index >= 15 is 0 Å². The number of para-hydroxylation sites is 1. The highest BCUT2D eigenvalue weighted by atomic mass is 79.9. The molecule has 0 aliphatic rings. The second kappa shape index (κ2) is 6.84. The number of fused-ring (bicyclic) bond motifs is 1. The average molecular weight is 370 g/mol. The van der Waals surface area contributed by atoms with Crippen molar-refractivity contribution in [1.82, 2.24) is 0 Å². The highest BCUT2D eigenvalue weighted by Gasteiger charge is 2.06. The van der Waals surface area contributed by atoms with Crippen LogP contribution in [0.4, 0.5) is 5.69 Å². The molecule has 3 nitrogen and oxygen atoms in total. The molecule has 3 rings (SSSR count). The van der Waals surface area contributed by atoms with Gasteiger partial charge in [-0.25, -0.2) is 0 Å². The van der Waals surface area contributed by atoms with Crippen LogP contribution in [0.15, 0.2) is 65.1 Å². The zero-order valence-corrected chi connectivity index (χ0v) is 14.3. The molecule has 0 bridgehead atoms. The summed E-state index contributed by atoms with van der Waals surface area (Å²) in [6.07, 6.45) is 0. The van der Waals surface area contributed by atoms with Crippen LogP contribution in [0, 0.1) is 6.92 Å². The summed E-state index contributed by atoms with van der Waals surface area (Å²) in [5.74, 6) is 0.509. The Kier molecular flexibility index (Phi) is 4.63. The highest BCUT2D eigenvalue weighted by Crippen LogP contribution is 2.24. The average Bonchev–Trinajstić information content (AvgIpc) is 2.55. The van der Waals surface area contributed by atoms with Crippen LogP contribution in [-0.2, 0) is 4.79 Å². The number of aryl methyl sites for hydroxylation is 1. The van der Waals surface area contributed by atoms with Crippen LogP contribution >= 0.6 is 15.9 Å². The molecule has 1 amide bonds. The van der Waals surface area contributed by atoms with Gasteiger partial charge in [0.05, 0.1) is 0 Å². The van der Waals surface area contributed by atoms with Crippen molar-refractivity contribution < 1.29 is 9.53 Å². The Bertz CT molecular complexity index is 861. The third-order valence-electron chi connectivity index (χ3n) is 3.56. The number of benzene rings is 3. The van der Waals surface area contributed by atoms with Crippen molar-refractivity contribution in [1.29, 1.82) is 0 Å². The molecule has 0 saturated heterocycles. The Morgan fingerprint density at radius 1 is 1.04 bits per heavy atom. The molecular weight excluding hydrogens is 354 g/mol. The fourth-order valence-electron chi connectivity index (χ4n) is 2.33. The van der Waals surface area contributed by atoms with Gasteiger partial charge in [-0.05, 0) is 53.6 Å². The van der Waals surface area contributed by atoms with Gasteiger partial charge < -0.3 is 10.1 Å². The maximum absolute atomic E-state index is 12.0. The van der Waals surface area contributed by atoms with Crippen molar-refractivity contribution >= 4 is 38.3 Å². The summed E-state index contributed by atoms with van der Waals surface area (Å²) in [7, 11) is 0. The Hall–Kier alpha value is -2.33. The Morgan fingerprint density at radius 3 is 2.61 bits per heavy atom. The quantitative estimate of drug-likeness (QED) is 0.707. The molecule has 0 radical (unpaired) electrons. The summed E-state index contributed by atoms with van der Waals surface area (Å²) in [4.78, 5) is 12.0. The van der Waals surface area contributed by atoms with Gasteiger partial charge in [0.1, 0.15) is 5.75 Å². The van der Waals surface area contributed by atoms with Crippen molar-refractivity contribution in [3.05, 3.63) is 70.7 Å². The number of hydrogen-bond acceptors (Lipinski definition) is 2. The van der Waals surface area contributed by atoms with E-state index in [4.69, 9.17) is 4.74 Å². The molecule has 3 aromatic rings. The predicted molar refractivity (Wildman–Crippen MR) is 97.0 cm³/mol. The first-order chi connectivity index (χ1) is 11.1. The lowest BCUT2D eigenvalue weighted by Crippen LogP contribution is -2.20. The van der Waals surface area contributed by atoms with Crippen LogP contribution in [-0.4, -0.2) is 12.5 Å². The number of anilines is 1. The smallest absolute Gasteiger partial charge is 0.262 e. The van der Waals surface area contributed by atoms with Gasteiger partial charge in [0.25, 0.3) is 5.91 Å². The number of rotatable bonds is 4. The van der Waals surface area contributed by atoms with E-state index in [-0.39, 0.29) is 12.5 Å². The molecule has 0 fully saturated rings. The summed E-state index contributed by atoms with van der Waals surface area (Å²) >= 11 is 3.45. The van der Waals surface area contributed by atoms with E-state index in [1.54, 1.807) is 0 Å². The lowest BCUT2D eigenvalue weighted by molar-refractivity contribution is -0.118. The number of ether oxygens (including phenoxy) is 1. The number of nitrogens with one attached hydrogen (secondary N) is 1. The molecular formula is C19H16BrNO2. The van der Waals surface area contributed by atoms with Crippen LogP contribution in [0.3, 0.4) is 0 Å². The Labute approximate surface area is 143 Å². The van der Waals surface area contributed by atoms with Crippen molar-refractivity contribution in [3.8, 4) is 5.75 Å². The van der Waals surface area contributed by atoms with E-state index in [0.717, 1.165) is 26.5 Å². The molecule has 0 aliphatic carbocycles. The summed E-state index contributed by atoms with van der Waals surface area (Å²) in [5.41, 5.74) is 1.83. The molecule has 0 saturated carbocycles. The molecule has 1 N–H and O–H groups in total. The Morgan fingerprint density at radius 2 is 1.78 bits per heavy atom. The van der Waals surface area contributed by atoms with Crippen LogP contribution in [0.25, 0.3) is 10.8 Å². The summed E-state index contributed by atoms with van der Waals surface area (Å²) in [6.45, 7) is 1.94. The second-order valence-electron chi connectivity index (χ2n) is 5.31. The molecule has 0 atom stereocenters. The largest absolute Gasteiger partial charge is 0.484 e. The fraction of sp³-hybridized carbons (Fsp3) is 0.105. The van der Waals surface area contributed by atoms with Crippen LogP contribution in [0.2, 0.25) is 0 Å². The number of amides is 1. The van der Waals surface area contributed by atoms with E-state index in [1.807, 2.05) is 67.6 Å². The van der Waals surface area contributed by atoms with Gasteiger partial charge in [0.15, 0.2) is 6.61 Å². The van der Waals surface area contributed by atoms with E-state index in [1.165, 1.54) is 0 Å². The van der Waals surface area contributed by atoms with Gasteiger partial charge in [0.2, 0.25) is 0 Å². The summed E-state index contributed by atoms with van der Waals surface area (Å²) < 4.78 is 6.63. The molecule has 3 aromatic carbocycles. The minimum Gasteiger partial charge on any atom is -0.484 e. The second-order valence-corrected chi connectivity index (χ2v) is 6.22. The van der Waals surface area contributed by atoms with Crippen molar-refractivity contribution in [3.63, 3.8) is 0 Å². The van der Waals surface area contributed by atoms with Crippen molar-refractivity contribution in [2.24, 2.45) is 0 Å². The van der Waals surface area contributed by atoms with E-state index < -0.39 is 0 Å². The van der Waals surface area contributed by atoms with Crippen LogP contribution < -0.4 is 10.1 Å². The van der Waals surface area contributed by atoms with Gasteiger partial charge in [-0.1, -0.05) is 46.3 Å². The van der Waals surface area contributed by atoms with Gasteiger partial charge in [-0.3, -0.25) is 4.79 Å². The SMILES string of the molecule is Cc1ccccc1NC(=O)COc1ccc2cc(Br)ccc2c1. The standard InChI is InChI=1S/C19H16BrNO2/c1-13-4-2-3-5-18(13)21-19(22)12-23-17-9-7-14-10-16(20)8-6-15(14)11-17/h2-11H,12H2,1H3,(H,21,22). The van der Waals surface area contributed by atoms with Gasteiger partial charge in [-0.2, -0.15) is 0 Å².